The van der Waals surface area contributed by atoms with Crippen LogP contribution in [0.4, 0.5) is 4.39 Å². The van der Waals surface area contributed by atoms with E-state index in [-0.39, 0.29) is 10.9 Å². The van der Waals surface area contributed by atoms with Gasteiger partial charge in [-0.05, 0) is 49.0 Å². The molecule has 138 valence electrons. The molecule has 0 aromatic heterocycles. The van der Waals surface area contributed by atoms with Crippen LogP contribution in [0.25, 0.3) is 0 Å². The molecule has 0 heterocycles. The minimum Gasteiger partial charge on any atom is -0.497 e. The lowest BCUT2D eigenvalue weighted by Gasteiger charge is -2.16. The Labute approximate surface area is 156 Å². The van der Waals surface area contributed by atoms with Gasteiger partial charge in [0, 0.05) is 6.54 Å². The van der Waals surface area contributed by atoms with Gasteiger partial charge in [0.25, 0.3) is 5.91 Å². The predicted octanol–water partition coefficient (Wildman–Crippen LogP) is 2.30. The number of thiocarbonyl (C=S) groups is 1. The van der Waals surface area contributed by atoms with Crippen LogP contribution in [-0.4, -0.2) is 24.2 Å². The number of methoxy groups -OCH3 is 1. The highest BCUT2D eigenvalue weighted by Gasteiger charge is 2.16. The van der Waals surface area contributed by atoms with Crippen molar-refractivity contribution in [3.8, 4) is 11.5 Å². The molecular formula is C18H20FN3O3S. The fourth-order valence-corrected chi connectivity index (χ4v) is 2.10. The summed E-state index contributed by atoms with van der Waals surface area (Å²) in [6.45, 7) is 1.99. The summed E-state index contributed by atoms with van der Waals surface area (Å²) in [5.41, 5.74) is 5.99. The summed E-state index contributed by atoms with van der Waals surface area (Å²) in [7, 11) is 1.60. The van der Waals surface area contributed by atoms with E-state index in [1.165, 1.54) is 19.1 Å². The van der Waals surface area contributed by atoms with Gasteiger partial charge in [-0.3, -0.25) is 15.6 Å². The maximum Gasteiger partial charge on any atom is 0.279 e. The van der Waals surface area contributed by atoms with Crippen molar-refractivity contribution in [2.45, 2.75) is 19.6 Å². The van der Waals surface area contributed by atoms with Crippen molar-refractivity contribution in [2.75, 3.05) is 7.11 Å². The first kappa shape index (κ1) is 19.5. The summed E-state index contributed by atoms with van der Waals surface area (Å²) < 4.78 is 23.9. The molecule has 2 rings (SSSR count). The second-order valence-electron chi connectivity index (χ2n) is 5.34. The normalized spacial score (nSPS) is 11.2. The maximum atomic E-state index is 13.5. The molecular weight excluding hydrogens is 357 g/mol. The molecule has 6 nitrogen and oxygen atoms in total. The Kier molecular flexibility index (Phi) is 7.16. The second-order valence-corrected chi connectivity index (χ2v) is 5.74. The van der Waals surface area contributed by atoms with Crippen molar-refractivity contribution >= 4 is 23.2 Å². The Balaban J connectivity index is 1.73. The zero-order chi connectivity index (χ0) is 18.9. The van der Waals surface area contributed by atoms with E-state index >= 15 is 0 Å². The van der Waals surface area contributed by atoms with Crippen LogP contribution in [-0.2, 0) is 11.3 Å². The molecule has 1 amide bonds. The van der Waals surface area contributed by atoms with Gasteiger partial charge in [0.1, 0.15) is 5.75 Å². The van der Waals surface area contributed by atoms with Crippen molar-refractivity contribution in [1.82, 2.24) is 16.2 Å². The molecule has 0 spiro atoms. The van der Waals surface area contributed by atoms with E-state index in [4.69, 9.17) is 21.7 Å². The number of carbonyl (C=O) groups is 1. The average Bonchev–Trinajstić information content (AvgIpc) is 2.66. The number of ether oxygens (including phenoxy) is 2. The van der Waals surface area contributed by atoms with Crippen LogP contribution in [0, 0.1) is 5.82 Å². The third-order valence-electron chi connectivity index (χ3n) is 3.42. The minimum absolute atomic E-state index is 0.00959. The molecule has 8 heteroatoms. The number of para-hydroxylation sites is 1. The molecule has 0 aliphatic rings. The Morgan fingerprint density at radius 1 is 1.15 bits per heavy atom. The quantitative estimate of drug-likeness (QED) is 0.530. The number of hydrogen-bond donors (Lipinski definition) is 3. The molecule has 0 aliphatic carbocycles. The van der Waals surface area contributed by atoms with Crippen LogP contribution in [0.15, 0.2) is 48.5 Å². The standard InChI is InChI=1S/C18H20FN3O3S/c1-12(25-16-6-4-3-5-15(16)19)17(23)21-22-18(26)20-11-13-7-9-14(24-2)10-8-13/h3-10,12H,11H2,1-2H3,(H,21,23)(H2,20,22,26)/t12-/m1/s1. The molecule has 0 saturated carbocycles. The first-order valence-corrected chi connectivity index (χ1v) is 8.28. The van der Waals surface area contributed by atoms with Crippen LogP contribution in [0.5, 0.6) is 11.5 Å². The van der Waals surface area contributed by atoms with Crippen LogP contribution in [0.1, 0.15) is 12.5 Å². The van der Waals surface area contributed by atoms with Crippen molar-refractivity contribution in [1.29, 1.82) is 0 Å². The highest BCUT2D eigenvalue weighted by Crippen LogP contribution is 2.16. The van der Waals surface area contributed by atoms with E-state index in [0.29, 0.717) is 6.54 Å². The maximum absolute atomic E-state index is 13.5. The first-order chi connectivity index (χ1) is 12.5. The number of carbonyl (C=O) groups excluding carboxylic acids is 1. The number of nitrogens with one attached hydrogen (secondary N) is 3. The first-order valence-electron chi connectivity index (χ1n) is 7.87. The lowest BCUT2D eigenvalue weighted by Crippen LogP contribution is -2.50. The van der Waals surface area contributed by atoms with Gasteiger partial charge in [0.05, 0.1) is 7.11 Å². The van der Waals surface area contributed by atoms with E-state index in [1.807, 2.05) is 24.3 Å². The summed E-state index contributed by atoms with van der Waals surface area (Å²) in [4.78, 5) is 12.0. The molecule has 0 saturated heterocycles. The summed E-state index contributed by atoms with van der Waals surface area (Å²) >= 11 is 5.09. The fourth-order valence-electron chi connectivity index (χ4n) is 1.97. The monoisotopic (exact) mass is 377 g/mol. The van der Waals surface area contributed by atoms with Gasteiger partial charge in [0.2, 0.25) is 0 Å². The van der Waals surface area contributed by atoms with Crippen LogP contribution >= 0.6 is 12.2 Å². The largest absolute Gasteiger partial charge is 0.497 e. The summed E-state index contributed by atoms with van der Waals surface area (Å²) in [6, 6.07) is 13.4. The summed E-state index contributed by atoms with van der Waals surface area (Å²) in [6.07, 6.45) is -0.899. The lowest BCUT2D eigenvalue weighted by atomic mass is 10.2. The number of rotatable bonds is 6. The molecule has 3 N–H and O–H groups in total. The van der Waals surface area contributed by atoms with Crippen LogP contribution in [0.3, 0.4) is 0 Å². The van der Waals surface area contributed by atoms with Gasteiger partial charge in [-0.1, -0.05) is 24.3 Å². The molecule has 2 aromatic rings. The predicted molar refractivity (Wildman–Crippen MR) is 100 cm³/mol. The Morgan fingerprint density at radius 3 is 2.50 bits per heavy atom. The van der Waals surface area contributed by atoms with E-state index in [9.17, 15) is 9.18 Å². The second kappa shape index (κ2) is 9.57. The van der Waals surface area contributed by atoms with Gasteiger partial charge >= 0.3 is 0 Å². The molecule has 0 bridgehead atoms. The topological polar surface area (TPSA) is 71.6 Å². The molecule has 1 atom stereocenters. The number of amides is 1. The van der Waals surface area contributed by atoms with Gasteiger partial charge in [-0.2, -0.15) is 0 Å². The average molecular weight is 377 g/mol. The molecule has 0 radical (unpaired) electrons. The zero-order valence-electron chi connectivity index (χ0n) is 14.4. The van der Waals surface area contributed by atoms with E-state index in [0.717, 1.165) is 11.3 Å². The molecule has 0 aliphatic heterocycles. The van der Waals surface area contributed by atoms with Gasteiger partial charge in [-0.15, -0.1) is 0 Å². The number of halogens is 1. The number of hydrazine groups is 1. The van der Waals surface area contributed by atoms with Gasteiger partial charge in [-0.25, -0.2) is 4.39 Å². The van der Waals surface area contributed by atoms with Crippen LogP contribution < -0.4 is 25.6 Å². The summed E-state index contributed by atoms with van der Waals surface area (Å²) in [5.74, 6) is -0.237. The Morgan fingerprint density at radius 2 is 1.85 bits per heavy atom. The van der Waals surface area contributed by atoms with Crippen molar-refractivity contribution in [2.24, 2.45) is 0 Å². The lowest BCUT2D eigenvalue weighted by molar-refractivity contribution is -0.127. The Hall–Kier alpha value is -2.87. The van der Waals surface area contributed by atoms with Crippen LogP contribution in [0.2, 0.25) is 0 Å². The minimum atomic E-state index is -0.899. The fraction of sp³-hybridized carbons (Fsp3) is 0.222. The molecule has 0 unspecified atom stereocenters. The van der Waals surface area contributed by atoms with Crippen molar-refractivity contribution in [3.63, 3.8) is 0 Å². The van der Waals surface area contributed by atoms with Gasteiger partial charge in [0.15, 0.2) is 22.8 Å². The summed E-state index contributed by atoms with van der Waals surface area (Å²) in [5, 5.41) is 3.20. The number of benzene rings is 2. The third-order valence-corrected chi connectivity index (χ3v) is 3.67. The van der Waals surface area contributed by atoms with Crippen molar-refractivity contribution in [3.05, 3.63) is 59.9 Å². The molecule has 26 heavy (non-hydrogen) atoms. The van der Waals surface area contributed by atoms with E-state index in [1.54, 1.807) is 19.2 Å². The molecule has 2 aromatic carbocycles. The third kappa shape index (κ3) is 5.89. The SMILES string of the molecule is COc1ccc(CNC(=S)NNC(=O)[C@@H](C)Oc2ccccc2F)cc1. The Bertz CT molecular complexity index is 756. The van der Waals surface area contributed by atoms with Gasteiger partial charge < -0.3 is 14.8 Å². The highest BCUT2D eigenvalue weighted by atomic mass is 32.1. The zero-order valence-corrected chi connectivity index (χ0v) is 15.2. The molecule has 0 fully saturated rings. The van der Waals surface area contributed by atoms with Crippen molar-refractivity contribution < 1.29 is 18.7 Å². The highest BCUT2D eigenvalue weighted by molar-refractivity contribution is 7.80. The van der Waals surface area contributed by atoms with E-state index in [2.05, 4.69) is 16.2 Å². The van der Waals surface area contributed by atoms with E-state index < -0.39 is 17.8 Å². The smallest absolute Gasteiger partial charge is 0.279 e. The number of hydrogen-bond acceptors (Lipinski definition) is 4.